The van der Waals surface area contributed by atoms with Gasteiger partial charge in [-0.1, -0.05) is 34.5 Å². The van der Waals surface area contributed by atoms with Crippen molar-refractivity contribution in [3.63, 3.8) is 0 Å². The van der Waals surface area contributed by atoms with Gasteiger partial charge in [-0.2, -0.15) is 0 Å². The lowest BCUT2D eigenvalue weighted by Crippen LogP contribution is -2.34. The third-order valence-corrected chi connectivity index (χ3v) is 8.40. The first-order valence-corrected chi connectivity index (χ1v) is 14.1. The van der Waals surface area contributed by atoms with Gasteiger partial charge in [0, 0.05) is 40.6 Å². The number of carbonyl (C=O) groups excluding carboxylic acids is 1. The van der Waals surface area contributed by atoms with Crippen LogP contribution >= 0.6 is 27.5 Å². The minimum absolute atomic E-state index is 0.0293. The highest BCUT2D eigenvalue weighted by Crippen LogP contribution is 2.33. The third-order valence-electron chi connectivity index (χ3n) is 6.01. The van der Waals surface area contributed by atoms with E-state index in [1.165, 1.54) is 30.3 Å². The Kier molecular flexibility index (Phi) is 8.05. The Bertz CT molecular complexity index is 1450. The summed E-state index contributed by atoms with van der Waals surface area (Å²) in [6, 6.07) is 15.0. The summed E-state index contributed by atoms with van der Waals surface area (Å²) < 4.78 is 29.1. The number of nitrogens with zero attached hydrogens (tertiary/aromatic N) is 2. The largest absolute Gasteiger partial charge is 0.366 e. The number of nitrogens with one attached hydrogen (secondary N) is 2. The summed E-state index contributed by atoms with van der Waals surface area (Å²) in [5, 5.41) is 14.4. The first-order chi connectivity index (χ1) is 17.5. The molecule has 0 saturated carbocycles. The molecule has 1 amide bonds. The molecular weight excluding hydrogens is 584 g/mol. The van der Waals surface area contributed by atoms with Gasteiger partial charge in [-0.15, -0.1) is 0 Å². The highest BCUT2D eigenvalue weighted by atomic mass is 79.9. The quantitative estimate of drug-likeness (QED) is 0.240. The Hall–Kier alpha value is -3.15. The van der Waals surface area contributed by atoms with Crippen LogP contribution in [0.25, 0.3) is 0 Å². The molecule has 37 heavy (non-hydrogen) atoms. The van der Waals surface area contributed by atoms with Gasteiger partial charge in [0.25, 0.3) is 21.6 Å². The number of hydrogen-bond acceptors (Lipinski definition) is 6. The highest BCUT2D eigenvalue weighted by molar-refractivity contribution is 9.10. The number of sulfonamides is 1. The minimum atomic E-state index is -4.06. The normalized spacial score (nSPS) is 15.8. The number of piperidine rings is 1. The number of nitro groups is 1. The SMILES string of the molecule is CC1CCCN(c2ccc(C(=O)Nc3ccc(Cl)c(S(=O)(=O)Nc4ccc(Br)cc4)c3)cc2[N+](=O)[O-])C1. The van der Waals surface area contributed by atoms with E-state index in [0.717, 1.165) is 17.3 Å². The highest BCUT2D eigenvalue weighted by Gasteiger charge is 2.26. The predicted molar refractivity (Wildman–Crippen MR) is 148 cm³/mol. The molecule has 0 aliphatic carbocycles. The average molecular weight is 608 g/mol. The number of hydrogen-bond donors (Lipinski definition) is 2. The van der Waals surface area contributed by atoms with E-state index in [2.05, 4.69) is 32.9 Å². The van der Waals surface area contributed by atoms with Crippen LogP contribution in [0.15, 0.2) is 70.0 Å². The molecule has 194 valence electrons. The van der Waals surface area contributed by atoms with E-state index in [1.807, 2.05) is 4.90 Å². The summed E-state index contributed by atoms with van der Waals surface area (Å²) >= 11 is 9.46. The monoisotopic (exact) mass is 606 g/mol. The van der Waals surface area contributed by atoms with Crippen molar-refractivity contribution in [1.29, 1.82) is 0 Å². The lowest BCUT2D eigenvalue weighted by atomic mass is 9.99. The maximum absolute atomic E-state index is 12.9. The second kappa shape index (κ2) is 11.1. The van der Waals surface area contributed by atoms with Gasteiger partial charge in [0.2, 0.25) is 0 Å². The second-order valence-electron chi connectivity index (χ2n) is 8.87. The number of nitro benzene ring substituents is 1. The second-order valence-corrected chi connectivity index (χ2v) is 11.8. The molecule has 1 aliphatic heterocycles. The van der Waals surface area contributed by atoms with E-state index >= 15 is 0 Å². The van der Waals surface area contributed by atoms with E-state index < -0.39 is 20.9 Å². The van der Waals surface area contributed by atoms with Crippen LogP contribution in [0.1, 0.15) is 30.1 Å². The van der Waals surface area contributed by atoms with Gasteiger partial charge in [0.1, 0.15) is 10.6 Å². The van der Waals surface area contributed by atoms with Gasteiger partial charge in [0.15, 0.2) is 0 Å². The molecule has 12 heteroatoms. The lowest BCUT2D eigenvalue weighted by molar-refractivity contribution is -0.384. The summed E-state index contributed by atoms with van der Waals surface area (Å²) in [5.41, 5.74) is 0.908. The molecule has 1 aliphatic rings. The van der Waals surface area contributed by atoms with Crippen molar-refractivity contribution in [2.45, 2.75) is 24.7 Å². The molecule has 2 N–H and O–H groups in total. The molecule has 1 unspecified atom stereocenters. The molecule has 3 aromatic carbocycles. The molecule has 0 radical (unpaired) electrons. The standard InChI is InChI=1S/C25H24BrClN4O5S/c1-16-3-2-12-30(15-16)22-11-4-17(13-23(22)31(33)34)25(32)28-20-9-10-21(27)24(14-20)37(35,36)29-19-7-5-18(26)6-8-19/h4-11,13-14,16,29H,2-3,12,15H2,1H3,(H,28,32). The molecule has 1 heterocycles. The number of rotatable bonds is 7. The van der Waals surface area contributed by atoms with Crippen LogP contribution in [0.3, 0.4) is 0 Å². The van der Waals surface area contributed by atoms with Crippen LogP contribution in [0.5, 0.6) is 0 Å². The number of amides is 1. The van der Waals surface area contributed by atoms with E-state index in [0.29, 0.717) is 30.4 Å². The van der Waals surface area contributed by atoms with Crippen LogP contribution in [0, 0.1) is 16.0 Å². The fourth-order valence-corrected chi connectivity index (χ4v) is 6.05. The topological polar surface area (TPSA) is 122 Å². The van der Waals surface area contributed by atoms with Crippen LogP contribution in [-0.4, -0.2) is 32.3 Å². The Morgan fingerprint density at radius 1 is 1.11 bits per heavy atom. The van der Waals surface area contributed by atoms with Gasteiger partial charge < -0.3 is 10.2 Å². The zero-order valence-corrected chi connectivity index (χ0v) is 22.9. The van der Waals surface area contributed by atoms with Crippen molar-refractivity contribution in [2.75, 3.05) is 28.0 Å². The summed E-state index contributed by atoms with van der Waals surface area (Å²) in [5.74, 6) is -0.196. The molecule has 1 atom stereocenters. The van der Waals surface area contributed by atoms with Crippen molar-refractivity contribution in [3.8, 4) is 0 Å². The van der Waals surface area contributed by atoms with Gasteiger partial charge >= 0.3 is 0 Å². The smallest absolute Gasteiger partial charge is 0.293 e. The number of halogens is 2. The Labute approximate surface area is 228 Å². The van der Waals surface area contributed by atoms with Gasteiger partial charge in [-0.05, 0) is 73.4 Å². The van der Waals surface area contributed by atoms with Gasteiger partial charge in [0.05, 0.1) is 9.95 Å². The summed E-state index contributed by atoms with van der Waals surface area (Å²) in [6.07, 6.45) is 2.02. The van der Waals surface area contributed by atoms with Crippen molar-refractivity contribution >= 4 is 66.2 Å². The molecule has 1 saturated heterocycles. The van der Waals surface area contributed by atoms with Crippen LogP contribution in [0.4, 0.5) is 22.7 Å². The fraction of sp³-hybridized carbons (Fsp3) is 0.240. The maximum atomic E-state index is 12.9. The van der Waals surface area contributed by atoms with E-state index in [1.54, 1.807) is 30.3 Å². The molecule has 0 bridgehead atoms. The van der Waals surface area contributed by atoms with Gasteiger partial charge in [-0.25, -0.2) is 8.42 Å². The molecule has 3 aromatic rings. The van der Waals surface area contributed by atoms with Crippen LogP contribution in [0.2, 0.25) is 5.02 Å². The first kappa shape index (κ1) is 26.9. The van der Waals surface area contributed by atoms with Crippen LogP contribution in [-0.2, 0) is 10.0 Å². The van der Waals surface area contributed by atoms with E-state index in [-0.39, 0.29) is 26.9 Å². The molecule has 0 spiro atoms. The fourth-order valence-electron chi connectivity index (χ4n) is 4.20. The van der Waals surface area contributed by atoms with Crippen molar-refractivity contribution in [1.82, 2.24) is 0 Å². The zero-order valence-electron chi connectivity index (χ0n) is 19.8. The lowest BCUT2D eigenvalue weighted by Gasteiger charge is -2.32. The number of anilines is 3. The minimum Gasteiger partial charge on any atom is -0.366 e. The summed E-state index contributed by atoms with van der Waals surface area (Å²) in [6.45, 7) is 3.53. The first-order valence-electron chi connectivity index (χ1n) is 11.5. The van der Waals surface area contributed by atoms with Crippen molar-refractivity contribution < 1.29 is 18.1 Å². The maximum Gasteiger partial charge on any atom is 0.293 e. The Morgan fingerprint density at radius 3 is 2.49 bits per heavy atom. The Balaban J connectivity index is 1.56. The molecular formula is C25H24BrClN4O5S. The van der Waals surface area contributed by atoms with Crippen LogP contribution < -0.4 is 14.9 Å². The summed E-state index contributed by atoms with van der Waals surface area (Å²) in [7, 11) is -4.06. The Morgan fingerprint density at radius 2 is 1.81 bits per heavy atom. The predicted octanol–water partition coefficient (Wildman–Crippen LogP) is 6.30. The van der Waals surface area contributed by atoms with Crippen molar-refractivity contribution in [2.24, 2.45) is 5.92 Å². The summed E-state index contributed by atoms with van der Waals surface area (Å²) in [4.78, 5) is 26.0. The van der Waals surface area contributed by atoms with Gasteiger partial charge in [-0.3, -0.25) is 19.6 Å². The molecule has 9 nitrogen and oxygen atoms in total. The van der Waals surface area contributed by atoms with Crippen molar-refractivity contribution in [3.05, 3.63) is 85.8 Å². The average Bonchev–Trinajstić information content (AvgIpc) is 2.86. The molecule has 0 aromatic heterocycles. The number of benzene rings is 3. The molecule has 4 rings (SSSR count). The third kappa shape index (κ3) is 6.41. The van der Waals surface area contributed by atoms with E-state index in [4.69, 9.17) is 11.6 Å². The zero-order chi connectivity index (χ0) is 26.7. The number of carbonyl (C=O) groups is 1. The van der Waals surface area contributed by atoms with E-state index in [9.17, 15) is 23.3 Å². The molecule has 1 fully saturated rings.